The van der Waals surface area contributed by atoms with Gasteiger partial charge in [-0.05, 0) is 25.2 Å². The summed E-state index contributed by atoms with van der Waals surface area (Å²) in [7, 11) is 1.82. The molecule has 104 valence electrons. The van der Waals surface area contributed by atoms with Crippen LogP contribution >= 0.6 is 0 Å². The molecule has 17 heavy (non-hydrogen) atoms. The summed E-state index contributed by atoms with van der Waals surface area (Å²) in [6.07, 6.45) is 3.30. The Hall–Kier alpha value is -0.570. The predicted octanol–water partition coefficient (Wildman–Crippen LogP) is 3.33. The SMILES string of the molecule is CC.CC(=O)N(C)CCCOCCCC(C)C. The second-order valence-electron chi connectivity index (χ2n) is 4.44. The fourth-order valence-corrected chi connectivity index (χ4v) is 1.26. The van der Waals surface area contributed by atoms with Gasteiger partial charge in [-0.15, -0.1) is 0 Å². The van der Waals surface area contributed by atoms with E-state index >= 15 is 0 Å². The molecule has 0 heterocycles. The van der Waals surface area contributed by atoms with Crippen LogP contribution in [-0.2, 0) is 9.53 Å². The highest BCUT2D eigenvalue weighted by atomic mass is 16.5. The zero-order chi connectivity index (χ0) is 13.7. The average Bonchev–Trinajstić information content (AvgIpc) is 2.29. The summed E-state index contributed by atoms with van der Waals surface area (Å²) in [6, 6.07) is 0. The molecule has 3 heteroatoms. The molecular weight excluding hydrogens is 214 g/mol. The van der Waals surface area contributed by atoms with Crippen LogP contribution in [0.2, 0.25) is 0 Å². The van der Waals surface area contributed by atoms with Crippen LogP contribution in [0.3, 0.4) is 0 Å². The van der Waals surface area contributed by atoms with Crippen LogP contribution in [0.4, 0.5) is 0 Å². The molecule has 0 aromatic carbocycles. The Morgan fingerprint density at radius 3 is 2.18 bits per heavy atom. The lowest BCUT2D eigenvalue weighted by molar-refractivity contribution is -0.127. The molecule has 0 aliphatic heterocycles. The van der Waals surface area contributed by atoms with Crippen molar-refractivity contribution >= 4 is 5.91 Å². The maximum atomic E-state index is 10.9. The van der Waals surface area contributed by atoms with E-state index in [9.17, 15) is 4.79 Å². The van der Waals surface area contributed by atoms with Gasteiger partial charge < -0.3 is 9.64 Å². The quantitative estimate of drug-likeness (QED) is 0.614. The lowest BCUT2D eigenvalue weighted by Crippen LogP contribution is -2.25. The van der Waals surface area contributed by atoms with Gasteiger partial charge in [-0.1, -0.05) is 27.7 Å². The maximum Gasteiger partial charge on any atom is 0.219 e. The standard InChI is InChI=1S/C12H25NO2.C2H6/c1-11(2)7-5-9-15-10-6-8-13(4)12(3)14;1-2/h11H,5-10H2,1-4H3;1-2H3. The number of nitrogens with zero attached hydrogens (tertiary/aromatic N) is 1. The van der Waals surface area contributed by atoms with Gasteiger partial charge in [0.2, 0.25) is 5.91 Å². The zero-order valence-electron chi connectivity index (χ0n) is 12.6. The smallest absolute Gasteiger partial charge is 0.219 e. The Labute approximate surface area is 108 Å². The van der Waals surface area contributed by atoms with Gasteiger partial charge >= 0.3 is 0 Å². The molecule has 0 aromatic heterocycles. The molecular formula is C14H31NO2. The third-order valence-corrected chi connectivity index (χ3v) is 2.39. The van der Waals surface area contributed by atoms with Gasteiger partial charge in [0.05, 0.1) is 0 Å². The fraction of sp³-hybridized carbons (Fsp3) is 0.929. The molecule has 3 nitrogen and oxygen atoms in total. The van der Waals surface area contributed by atoms with Crippen molar-refractivity contribution in [2.45, 2.75) is 53.9 Å². The van der Waals surface area contributed by atoms with Gasteiger partial charge in [0.1, 0.15) is 0 Å². The summed E-state index contributed by atoms with van der Waals surface area (Å²) >= 11 is 0. The fourth-order valence-electron chi connectivity index (χ4n) is 1.26. The normalized spacial score (nSPS) is 9.82. The third-order valence-electron chi connectivity index (χ3n) is 2.39. The van der Waals surface area contributed by atoms with Crippen molar-refractivity contribution in [1.82, 2.24) is 4.90 Å². The summed E-state index contributed by atoms with van der Waals surface area (Å²) in [6.45, 7) is 12.4. The Balaban J connectivity index is 0. The largest absolute Gasteiger partial charge is 0.381 e. The van der Waals surface area contributed by atoms with E-state index < -0.39 is 0 Å². The van der Waals surface area contributed by atoms with E-state index in [1.807, 2.05) is 20.9 Å². The summed E-state index contributed by atoms with van der Waals surface area (Å²) < 4.78 is 5.48. The second-order valence-corrected chi connectivity index (χ2v) is 4.44. The van der Waals surface area contributed by atoms with E-state index in [-0.39, 0.29) is 5.91 Å². The summed E-state index contributed by atoms with van der Waals surface area (Å²) in [4.78, 5) is 12.6. The molecule has 0 atom stereocenters. The van der Waals surface area contributed by atoms with Gasteiger partial charge in [-0.25, -0.2) is 0 Å². The van der Waals surface area contributed by atoms with Gasteiger partial charge in [0.25, 0.3) is 0 Å². The minimum atomic E-state index is 0.120. The molecule has 0 saturated carbocycles. The van der Waals surface area contributed by atoms with Crippen molar-refractivity contribution in [3.05, 3.63) is 0 Å². The number of carbonyl (C=O) groups excluding carboxylic acids is 1. The van der Waals surface area contributed by atoms with E-state index in [1.165, 1.54) is 6.42 Å². The van der Waals surface area contributed by atoms with Gasteiger partial charge in [-0.2, -0.15) is 0 Å². The van der Waals surface area contributed by atoms with Gasteiger partial charge in [0.15, 0.2) is 0 Å². The molecule has 0 saturated heterocycles. The molecule has 0 N–H and O–H groups in total. The maximum absolute atomic E-state index is 10.9. The van der Waals surface area contributed by atoms with Crippen molar-refractivity contribution in [2.75, 3.05) is 26.8 Å². The van der Waals surface area contributed by atoms with Crippen LogP contribution in [-0.4, -0.2) is 37.6 Å². The summed E-state index contributed by atoms with van der Waals surface area (Å²) in [5, 5.41) is 0. The molecule has 0 spiro atoms. The highest BCUT2D eigenvalue weighted by Crippen LogP contribution is 2.03. The van der Waals surface area contributed by atoms with E-state index in [0.29, 0.717) is 0 Å². The van der Waals surface area contributed by atoms with Crippen LogP contribution in [0, 0.1) is 5.92 Å². The lowest BCUT2D eigenvalue weighted by Gasteiger charge is -2.14. The Morgan fingerprint density at radius 1 is 1.18 bits per heavy atom. The first-order chi connectivity index (χ1) is 8.04. The van der Waals surface area contributed by atoms with Crippen LogP contribution in [0.15, 0.2) is 0 Å². The van der Waals surface area contributed by atoms with Crippen molar-refractivity contribution in [3.8, 4) is 0 Å². The highest BCUT2D eigenvalue weighted by Gasteiger charge is 2.00. The zero-order valence-corrected chi connectivity index (χ0v) is 12.6. The minimum absolute atomic E-state index is 0.120. The molecule has 0 rings (SSSR count). The summed E-state index contributed by atoms with van der Waals surface area (Å²) in [5.74, 6) is 0.882. The second kappa shape index (κ2) is 13.5. The predicted molar refractivity (Wildman–Crippen MR) is 74.2 cm³/mol. The van der Waals surface area contributed by atoms with Crippen molar-refractivity contribution in [2.24, 2.45) is 5.92 Å². The first-order valence-electron chi connectivity index (χ1n) is 6.83. The average molecular weight is 245 g/mol. The molecule has 0 unspecified atom stereocenters. The van der Waals surface area contributed by atoms with E-state index in [1.54, 1.807) is 11.8 Å². The lowest BCUT2D eigenvalue weighted by atomic mass is 10.1. The van der Waals surface area contributed by atoms with Crippen molar-refractivity contribution in [3.63, 3.8) is 0 Å². The molecule has 1 amide bonds. The number of hydrogen-bond acceptors (Lipinski definition) is 2. The van der Waals surface area contributed by atoms with Crippen molar-refractivity contribution < 1.29 is 9.53 Å². The molecule has 0 aliphatic rings. The monoisotopic (exact) mass is 245 g/mol. The first kappa shape index (κ1) is 18.8. The minimum Gasteiger partial charge on any atom is -0.381 e. The first-order valence-corrected chi connectivity index (χ1v) is 6.83. The van der Waals surface area contributed by atoms with Gasteiger partial charge in [-0.3, -0.25) is 4.79 Å². The van der Waals surface area contributed by atoms with E-state index in [4.69, 9.17) is 4.74 Å². The molecule has 0 fully saturated rings. The number of carbonyl (C=O) groups is 1. The third kappa shape index (κ3) is 15.4. The van der Waals surface area contributed by atoms with Crippen LogP contribution in [0.1, 0.15) is 53.9 Å². The molecule has 0 aliphatic carbocycles. The van der Waals surface area contributed by atoms with Crippen LogP contribution in [0.5, 0.6) is 0 Å². The molecule has 0 aromatic rings. The van der Waals surface area contributed by atoms with Gasteiger partial charge in [0, 0.05) is 33.7 Å². The molecule has 0 radical (unpaired) electrons. The topological polar surface area (TPSA) is 29.5 Å². The van der Waals surface area contributed by atoms with E-state index in [2.05, 4.69) is 13.8 Å². The van der Waals surface area contributed by atoms with Crippen molar-refractivity contribution in [1.29, 1.82) is 0 Å². The van der Waals surface area contributed by atoms with Crippen LogP contribution in [0.25, 0.3) is 0 Å². The van der Waals surface area contributed by atoms with Crippen LogP contribution < -0.4 is 0 Å². The number of amides is 1. The summed E-state index contributed by atoms with van der Waals surface area (Å²) in [5.41, 5.74) is 0. The number of rotatable bonds is 8. The number of ether oxygens (including phenoxy) is 1. The Morgan fingerprint density at radius 2 is 1.71 bits per heavy atom. The highest BCUT2D eigenvalue weighted by molar-refractivity contribution is 5.72. The molecule has 0 bridgehead atoms. The Bertz CT molecular complexity index is 170. The Kier molecular flexibility index (Phi) is 14.9. The number of hydrogen-bond donors (Lipinski definition) is 0. The van der Waals surface area contributed by atoms with E-state index in [0.717, 1.165) is 38.5 Å².